The van der Waals surface area contributed by atoms with Gasteiger partial charge in [0.25, 0.3) is 5.91 Å². The summed E-state index contributed by atoms with van der Waals surface area (Å²) in [5.41, 5.74) is 3.00. The molecule has 1 atom stereocenters. The number of nitrogens with zero attached hydrogens (tertiary/aromatic N) is 2. The molecule has 3 amide bonds. The number of aromatic nitrogens is 2. The summed E-state index contributed by atoms with van der Waals surface area (Å²) in [5, 5.41) is 12.6. The highest BCUT2D eigenvalue weighted by Gasteiger charge is 2.29. The van der Waals surface area contributed by atoms with Crippen LogP contribution in [0.2, 0.25) is 0 Å². The molecule has 0 saturated heterocycles. The minimum absolute atomic E-state index is 0.166. The number of fused-ring (bicyclic) bond motifs is 1. The first kappa shape index (κ1) is 18.6. The molecule has 0 radical (unpaired) electrons. The Kier molecular flexibility index (Phi) is 4.98. The molecule has 1 aliphatic heterocycles. The largest absolute Gasteiger partial charge is 0.340 e. The van der Waals surface area contributed by atoms with Gasteiger partial charge in [0.05, 0.1) is 34.7 Å². The molecule has 3 rings (SSSR count). The van der Waals surface area contributed by atoms with Crippen LogP contribution < -0.4 is 16.0 Å². The zero-order valence-electron chi connectivity index (χ0n) is 15.8. The van der Waals surface area contributed by atoms with E-state index in [1.807, 2.05) is 32.4 Å². The van der Waals surface area contributed by atoms with Crippen molar-refractivity contribution in [1.82, 2.24) is 15.1 Å². The summed E-state index contributed by atoms with van der Waals surface area (Å²) in [4.78, 5) is 37.3. The van der Waals surface area contributed by atoms with E-state index < -0.39 is 11.9 Å². The molecule has 8 heteroatoms. The highest BCUT2D eigenvalue weighted by molar-refractivity contribution is 6.11. The van der Waals surface area contributed by atoms with Gasteiger partial charge in [-0.2, -0.15) is 5.10 Å². The molecule has 2 aromatic rings. The number of rotatable bonds is 4. The van der Waals surface area contributed by atoms with E-state index in [0.29, 0.717) is 22.6 Å². The van der Waals surface area contributed by atoms with Gasteiger partial charge in [0, 0.05) is 6.04 Å². The third kappa shape index (κ3) is 3.69. The first-order valence-corrected chi connectivity index (χ1v) is 8.84. The van der Waals surface area contributed by atoms with Gasteiger partial charge in [-0.25, -0.2) is 0 Å². The number of hydrogen-bond acceptors (Lipinski definition) is 4. The first-order valence-electron chi connectivity index (χ1n) is 8.84. The van der Waals surface area contributed by atoms with E-state index >= 15 is 0 Å². The Hall–Kier alpha value is -3.16. The number of para-hydroxylation sites is 1. The fourth-order valence-corrected chi connectivity index (χ4v) is 3.18. The maximum absolute atomic E-state index is 12.5. The van der Waals surface area contributed by atoms with Gasteiger partial charge in [-0.3, -0.25) is 19.1 Å². The summed E-state index contributed by atoms with van der Waals surface area (Å²) in [6, 6.07) is 5.95. The number of hydrogen-bond donors (Lipinski definition) is 3. The number of benzene rings is 1. The van der Waals surface area contributed by atoms with Gasteiger partial charge in [-0.1, -0.05) is 12.1 Å². The minimum atomic E-state index is -0.953. The average Bonchev–Trinajstić information content (AvgIpc) is 2.82. The van der Waals surface area contributed by atoms with E-state index in [4.69, 9.17) is 0 Å². The molecule has 3 N–H and O–H groups in total. The minimum Gasteiger partial charge on any atom is -0.340 e. The second kappa shape index (κ2) is 7.22. The second-order valence-corrected chi connectivity index (χ2v) is 6.90. The number of aryl methyl sites for hydroxylation is 1. The third-order valence-electron chi connectivity index (χ3n) is 4.52. The molecule has 142 valence electrons. The van der Waals surface area contributed by atoms with Crippen molar-refractivity contribution in [3.05, 3.63) is 41.2 Å². The zero-order chi connectivity index (χ0) is 19.7. The third-order valence-corrected chi connectivity index (χ3v) is 4.52. The average molecular weight is 369 g/mol. The number of amides is 3. The molecule has 1 aromatic carbocycles. The Morgan fingerprint density at radius 1 is 1.26 bits per heavy atom. The predicted molar refractivity (Wildman–Crippen MR) is 102 cm³/mol. The normalized spacial score (nSPS) is 16.4. The molecule has 2 heterocycles. The molecule has 0 spiro atoms. The topological polar surface area (TPSA) is 105 Å². The lowest BCUT2D eigenvalue weighted by Crippen LogP contribution is -2.43. The highest BCUT2D eigenvalue weighted by Crippen LogP contribution is 2.23. The van der Waals surface area contributed by atoms with Gasteiger partial charge in [0.2, 0.25) is 11.8 Å². The molecule has 1 aromatic heterocycles. The van der Waals surface area contributed by atoms with Gasteiger partial charge in [-0.05, 0) is 39.8 Å². The molecule has 27 heavy (non-hydrogen) atoms. The quantitative estimate of drug-likeness (QED) is 0.768. The molecule has 8 nitrogen and oxygen atoms in total. The molecule has 1 aliphatic rings. The van der Waals surface area contributed by atoms with Gasteiger partial charge in [-0.15, -0.1) is 0 Å². The van der Waals surface area contributed by atoms with Crippen LogP contribution in [0.5, 0.6) is 0 Å². The van der Waals surface area contributed by atoms with Crippen molar-refractivity contribution in [3.8, 4) is 0 Å². The Labute approximate surface area is 157 Å². The standard InChI is InChI=1S/C19H23N5O3/c1-10(2)24-12(4)17(11(3)23-24)22-16(25)9-15-19(27)20-14-8-6-5-7-13(14)18(26)21-15/h5-8,10,15H,9H2,1-4H3,(H,20,27)(H,21,26)(H,22,25)/t15-/m0/s1. The van der Waals surface area contributed by atoms with Crippen molar-refractivity contribution >= 4 is 29.1 Å². The van der Waals surface area contributed by atoms with Crippen LogP contribution in [0.1, 0.15) is 48.1 Å². The summed E-state index contributed by atoms with van der Waals surface area (Å²) in [7, 11) is 0. The van der Waals surface area contributed by atoms with Crippen molar-refractivity contribution in [2.45, 2.75) is 46.2 Å². The maximum Gasteiger partial charge on any atom is 0.254 e. The van der Waals surface area contributed by atoms with E-state index in [1.54, 1.807) is 24.3 Å². The molecule has 0 saturated carbocycles. The van der Waals surface area contributed by atoms with Crippen LogP contribution in [0, 0.1) is 13.8 Å². The van der Waals surface area contributed by atoms with E-state index in [-0.39, 0.29) is 24.3 Å². The van der Waals surface area contributed by atoms with E-state index in [2.05, 4.69) is 21.0 Å². The molecular weight excluding hydrogens is 346 g/mol. The van der Waals surface area contributed by atoms with Gasteiger partial charge < -0.3 is 16.0 Å². The molecular formula is C19H23N5O3. The van der Waals surface area contributed by atoms with Crippen LogP contribution >= 0.6 is 0 Å². The van der Waals surface area contributed by atoms with Crippen LogP contribution in [0.15, 0.2) is 24.3 Å². The van der Waals surface area contributed by atoms with Gasteiger partial charge >= 0.3 is 0 Å². The number of nitrogens with one attached hydrogen (secondary N) is 3. The van der Waals surface area contributed by atoms with E-state index in [9.17, 15) is 14.4 Å². The van der Waals surface area contributed by atoms with Crippen molar-refractivity contribution in [1.29, 1.82) is 0 Å². The lowest BCUT2D eigenvalue weighted by Gasteiger charge is -2.15. The fourth-order valence-electron chi connectivity index (χ4n) is 3.18. The summed E-state index contributed by atoms with van der Waals surface area (Å²) in [5.74, 6) is -1.17. The van der Waals surface area contributed by atoms with Crippen LogP contribution in [0.4, 0.5) is 11.4 Å². The fraction of sp³-hybridized carbons (Fsp3) is 0.368. The molecule has 0 aliphatic carbocycles. The maximum atomic E-state index is 12.5. The van der Waals surface area contributed by atoms with Gasteiger partial charge in [0.1, 0.15) is 6.04 Å². The summed E-state index contributed by atoms with van der Waals surface area (Å²) < 4.78 is 1.84. The lowest BCUT2D eigenvalue weighted by molar-refractivity contribution is -0.122. The Bertz CT molecular complexity index is 916. The van der Waals surface area contributed by atoms with Crippen molar-refractivity contribution in [3.63, 3.8) is 0 Å². The van der Waals surface area contributed by atoms with Crippen molar-refractivity contribution in [2.24, 2.45) is 0 Å². The molecule has 0 fully saturated rings. The van der Waals surface area contributed by atoms with Crippen molar-refractivity contribution in [2.75, 3.05) is 10.6 Å². The van der Waals surface area contributed by atoms with Gasteiger partial charge in [0.15, 0.2) is 0 Å². The highest BCUT2D eigenvalue weighted by atomic mass is 16.2. The summed E-state index contributed by atoms with van der Waals surface area (Å²) in [6.07, 6.45) is -0.169. The Morgan fingerprint density at radius 2 is 1.96 bits per heavy atom. The number of anilines is 2. The SMILES string of the molecule is Cc1nn(C(C)C)c(C)c1NC(=O)C[C@@H]1NC(=O)c2ccccc2NC1=O. The first-order chi connectivity index (χ1) is 12.8. The monoisotopic (exact) mass is 369 g/mol. The van der Waals surface area contributed by atoms with E-state index in [0.717, 1.165) is 5.69 Å². The predicted octanol–water partition coefficient (Wildman–Crippen LogP) is 2.16. The molecule has 0 unspecified atom stereocenters. The smallest absolute Gasteiger partial charge is 0.254 e. The summed E-state index contributed by atoms with van der Waals surface area (Å²) in [6.45, 7) is 7.72. The van der Waals surface area contributed by atoms with E-state index in [1.165, 1.54) is 0 Å². The summed E-state index contributed by atoms with van der Waals surface area (Å²) >= 11 is 0. The Morgan fingerprint density at radius 3 is 2.63 bits per heavy atom. The van der Waals surface area contributed by atoms with Crippen molar-refractivity contribution < 1.29 is 14.4 Å². The molecule has 0 bridgehead atoms. The zero-order valence-corrected chi connectivity index (χ0v) is 15.8. The van der Waals surface area contributed by atoms with Crippen LogP contribution in [0.3, 0.4) is 0 Å². The van der Waals surface area contributed by atoms with Crippen LogP contribution in [-0.2, 0) is 9.59 Å². The number of carbonyl (C=O) groups is 3. The number of carbonyl (C=O) groups excluding carboxylic acids is 3. The second-order valence-electron chi connectivity index (χ2n) is 6.90. The van der Waals surface area contributed by atoms with Crippen LogP contribution in [-0.4, -0.2) is 33.5 Å². The van der Waals surface area contributed by atoms with Crippen LogP contribution in [0.25, 0.3) is 0 Å². The Balaban J connectivity index is 1.74. The lowest BCUT2D eigenvalue weighted by atomic mass is 10.1.